The predicted molar refractivity (Wildman–Crippen MR) is 109 cm³/mol. The van der Waals surface area contributed by atoms with E-state index in [1.807, 2.05) is 54.6 Å². The predicted octanol–water partition coefficient (Wildman–Crippen LogP) is 4.43. The van der Waals surface area contributed by atoms with Crippen LogP contribution in [0.1, 0.15) is 10.4 Å². The van der Waals surface area contributed by atoms with Gasteiger partial charge in [0.05, 0.1) is 23.4 Å². The summed E-state index contributed by atoms with van der Waals surface area (Å²) in [5.74, 6) is -0.118. The Morgan fingerprint density at radius 1 is 0.963 bits per heavy atom. The fourth-order valence-electron chi connectivity index (χ4n) is 3.31. The number of hydrogen-bond donors (Lipinski definition) is 1. The minimum atomic E-state index is -0.118. The van der Waals surface area contributed by atoms with Gasteiger partial charge in [-0.05, 0) is 22.9 Å². The minimum Gasteiger partial charge on any atom is -0.383 e. The van der Waals surface area contributed by atoms with Crippen molar-refractivity contribution in [3.05, 3.63) is 78.4 Å². The number of nitrogens with one attached hydrogen (secondary N) is 1. The molecule has 4 rings (SSSR count). The Labute approximate surface area is 157 Å². The number of carbonyl (C=O) groups is 1. The molecule has 4 heteroatoms. The van der Waals surface area contributed by atoms with E-state index >= 15 is 0 Å². The van der Waals surface area contributed by atoms with Gasteiger partial charge in [-0.25, -0.2) is 4.98 Å². The Balaban J connectivity index is 1.88. The third-order valence-electron chi connectivity index (χ3n) is 4.62. The first-order valence-electron chi connectivity index (χ1n) is 8.93. The molecule has 1 amide bonds. The van der Waals surface area contributed by atoms with Crippen LogP contribution in [0.4, 0.5) is 0 Å². The Hall–Kier alpha value is -3.24. The molecule has 27 heavy (non-hydrogen) atoms. The van der Waals surface area contributed by atoms with Crippen LogP contribution in [0.3, 0.4) is 0 Å². The van der Waals surface area contributed by atoms with Crippen LogP contribution in [0.5, 0.6) is 0 Å². The fraction of sp³-hybridized carbons (Fsp3) is 0.130. The second kappa shape index (κ2) is 7.56. The molecule has 0 atom stereocenters. The van der Waals surface area contributed by atoms with Crippen molar-refractivity contribution in [3.8, 4) is 11.3 Å². The summed E-state index contributed by atoms with van der Waals surface area (Å²) < 4.78 is 5.03. The van der Waals surface area contributed by atoms with Gasteiger partial charge >= 0.3 is 0 Å². The monoisotopic (exact) mass is 356 g/mol. The van der Waals surface area contributed by atoms with E-state index in [1.165, 1.54) is 0 Å². The zero-order valence-electron chi connectivity index (χ0n) is 15.1. The summed E-state index contributed by atoms with van der Waals surface area (Å²) in [7, 11) is 1.62. The second-order valence-corrected chi connectivity index (χ2v) is 6.35. The maximum Gasteiger partial charge on any atom is 0.252 e. The highest BCUT2D eigenvalue weighted by Gasteiger charge is 2.14. The molecule has 0 aliphatic heterocycles. The fourth-order valence-corrected chi connectivity index (χ4v) is 3.31. The van der Waals surface area contributed by atoms with Crippen LogP contribution < -0.4 is 5.32 Å². The number of ether oxygens (including phenoxy) is 1. The van der Waals surface area contributed by atoms with Crippen LogP contribution in [0.2, 0.25) is 0 Å². The van der Waals surface area contributed by atoms with Crippen LogP contribution in [0, 0.1) is 0 Å². The molecule has 0 radical (unpaired) electrons. The molecule has 3 aromatic carbocycles. The number of benzene rings is 3. The van der Waals surface area contributed by atoms with Crippen molar-refractivity contribution < 1.29 is 9.53 Å². The van der Waals surface area contributed by atoms with Crippen molar-refractivity contribution in [3.63, 3.8) is 0 Å². The van der Waals surface area contributed by atoms with Crippen molar-refractivity contribution >= 4 is 27.6 Å². The third kappa shape index (κ3) is 3.39. The molecule has 0 aliphatic carbocycles. The molecule has 0 spiro atoms. The molecular formula is C23H20N2O2. The third-order valence-corrected chi connectivity index (χ3v) is 4.62. The smallest absolute Gasteiger partial charge is 0.252 e. The first-order chi connectivity index (χ1) is 13.3. The highest BCUT2D eigenvalue weighted by atomic mass is 16.5. The van der Waals surface area contributed by atoms with Crippen molar-refractivity contribution in [2.75, 3.05) is 20.3 Å². The lowest BCUT2D eigenvalue weighted by atomic mass is 9.99. The molecule has 1 heterocycles. The average molecular weight is 356 g/mol. The summed E-state index contributed by atoms with van der Waals surface area (Å²) in [6, 6.07) is 24.0. The van der Waals surface area contributed by atoms with Crippen molar-refractivity contribution in [1.82, 2.24) is 10.3 Å². The largest absolute Gasteiger partial charge is 0.383 e. The number of para-hydroxylation sites is 1. The molecular weight excluding hydrogens is 336 g/mol. The van der Waals surface area contributed by atoms with Crippen molar-refractivity contribution in [2.45, 2.75) is 0 Å². The lowest BCUT2D eigenvalue weighted by molar-refractivity contribution is 0.0938. The van der Waals surface area contributed by atoms with Gasteiger partial charge in [-0.1, -0.05) is 60.7 Å². The molecule has 1 N–H and O–H groups in total. The van der Waals surface area contributed by atoms with Crippen molar-refractivity contribution in [2.24, 2.45) is 0 Å². The topological polar surface area (TPSA) is 51.2 Å². The van der Waals surface area contributed by atoms with Gasteiger partial charge in [0, 0.05) is 24.6 Å². The summed E-state index contributed by atoms with van der Waals surface area (Å²) in [4.78, 5) is 17.6. The lowest BCUT2D eigenvalue weighted by Crippen LogP contribution is -2.27. The van der Waals surface area contributed by atoms with Gasteiger partial charge in [0.1, 0.15) is 0 Å². The summed E-state index contributed by atoms with van der Waals surface area (Å²) in [5.41, 5.74) is 3.24. The number of nitrogens with zero attached hydrogens (tertiary/aromatic N) is 1. The van der Waals surface area contributed by atoms with E-state index < -0.39 is 0 Å². The van der Waals surface area contributed by atoms with Crippen LogP contribution in [-0.4, -0.2) is 31.2 Å². The van der Waals surface area contributed by atoms with E-state index in [9.17, 15) is 4.79 Å². The van der Waals surface area contributed by atoms with E-state index in [0.29, 0.717) is 18.7 Å². The molecule has 0 fully saturated rings. The first kappa shape index (κ1) is 17.2. The normalized spacial score (nSPS) is 11.0. The number of carbonyl (C=O) groups excluding carboxylic acids is 1. The van der Waals surface area contributed by atoms with Gasteiger partial charge in [-0.15, -0.1) is 0 Å². The van der Waals surface area contributed by atoms with Crippen LogP contribution in [0.15, 0.2) is 72.8 Å². The summed E-state index contributed by atoms with van der Waals surface area (Å²) in [6.07, 6.45) is 0. The highest BCUT2D eigenvalue weighted by Crippen LogP contribution is 2.30. The van der Waals surface area contributed by atoms with E-state index in [0.717, 1.165) is 32.9 Å². The average Bonchev–Trinajstić information content (AvgIpc) is 2.72. The minimum absolute atomic E-state index is 0.118. The number of aromatic nitrogens is 1. The molecule has 0 bridgehead atoms. The number of pyridine rings is 1. The van der Waals surface area contributed by atoms with E-state index in [2.05, 4.69) is 23.5 Å². The van der Waals surface area contributed by atoms with E-state index in [4.69, 9.17) is 9.72 Å². The Morgan fingerprint density at radius 3 is 2.56 bits per heavy atom. The standard InChI is InChI=1S/C23H20N2O2/c1-27-14-13-24-23(26)20-15-22(25-21-12-5-4-10-19(20)21)18-11-6-8-16-7-2-3-9-17(16)18/h2-12,15H,13-14H2,1H3,(H,24,26). The van der Waals surface area contributed by atoms with Crippen LogP contribution >= 0.6 is 0 Å². The lowest BCUT2D eigenvalue weighted by Gasteiger charge is -2.12. The molecule has 4 aromatic rings. The molecule has 0 unspecified atom stereocenters. The number of rotatable bonds is 5. The second-order valence-electron chi connectivity index (χ2n) is 6.35. The van der Waals surface area contributed by atoms with E-state index in [1.54, 1.807) is 7.11 Å². The molecule has 0 saturated carbocycles. The number of amides is 1. The zero-order chi connectivity index (χ0) is 18.6. The molecule has 1 aromatic heterocycles. The Kier molecular flexibility index (Phi) is 4.81. The molecule has 0 saturated heterocycles. The van der Waals surface area contributed by atoms with Gasteiger partial charge in [-0.2, -0.15) is 0 Å². The number of methoxy groups -OCH3 is 1. The van der Waals surface area contributed by atoms with Crippen LogP contribution in [0.25, 0.3) is 32.9 Å². The van der Waals surface area contributed by atoms with Gasteiger partial charge in [0.2, 0.25) is 0 Å². The van der Waals surface area contributed by atoms with Crippen LogP contribution in [-0.2, 0) is 4.74 Å². The summed E-state index contributed by atoms with van der Waals surface area (Å²) in [5, 5.41) is 6.03. The first-order valence-corrected chi connectivity index (χ1v) is 8.93. The number of hydrogen-bond acceptors (Lipinski definition) is 3. The molecule has 0 aliphatic rings. The van der Waals surface area contributed by atoms with E-state index in [-0.39, 0.29) is 5.91 Å². The maximum absolute atomic E-state index is 12.8. The van der Waals surface area contributed by atoms with Gasteiger partial charge < -0.3 is 10.1 Å². The summed E-state index contributed by atoms with van der Waals surface area (Å²) >= 11 is 0. The summed E-state index contributed by atoms with van der Waals surface area (Å²) in [6.45, 7) is 0.945. The Bertz CT molecular complexity index is 1120. The van der Waals surface area contributed by atoms with Gasteiger partial charge in [0.15, 0.2) is 0 Å². The molecule has 134 valence electrons. The van der Waals surface area contributed by atoms with Crippen molar-refractivity contribution in [1.29, 1.82) is 0 Å². The highest BCUT2D eigenvalue weighted by molar-refractivity contribution is 6.08. The van der Waals surface area contributed by atoms with Gasteiger partial charge in [-0.3, -0.25) is 4.79 Å². The number of fused-ring (bicyclic) bond motifs is 2. The zero-order valence-corrected chi connectivity index (χ0v) is 15.1. The quantitative estimate of drug-likeness (QED) is 0.538. The SMILES string of the molecule is COCCNC(=O)c1cc(-c2cccc3ccccc23)nc2ccccc12. The van der Waals surface area contributed by atoms with Gasteiger partial charge in [0.25, 0.3) is 5.91 Å². The Morgan fingerprint density at radius 2 is 1.70 bits per heavy atom. The maximum atomic E-state index is 12.8. The molecule has 4 nitrogen and oxygen atoms in total.